The van der Waals surface area contributed by atoms with E-state index in [4.69, 9.17) is 0 Å². The smallest absolute Gasteiger partial charge is 0.277 e. The van der Waals surface area contributed by atoms with Gasteiger partial charge in [0.1, 0.15) is 0 Å². The molecule has 1 rings (SSSR count). The molecule has 0 saturated carbocycles. The summed E-state index contributed by atoms with van der Waals surface area (Å²) in [7, 11) is -3.36. The number of rotatable bonds is 4. The summed E-state index contributed by atoms with van der Waals surface area (Å²) in [6.07, 6.45) is 0.825. The summed E-state index contributed by atoms with van der Waals surface area (Å²) in [5.74, 6) is 0. The van der Waals surface area contributed by atoms with Gasteiger partial charge in [-0.05, 0) is 33.7 Å². The second-order valence-electron chi connectivity index (χ2n) is 4.37. The molecule has 1 saturated heterocycles. The number of hydrogen-bond acceptors (Lipinski definition) is 3. The zero-order valence-corrected chi connectivity index (χ0v) is 9.74. The standard InChI is InChI=1S/C8H19N3O2S/c1-7(2)10-14(12,13)11-8(3)4-5-9-6-8/h7,9-11H,4-6H2,1-3H3. The summed E-state index contributed by atoms with van der Waals surface area (Å²) < 4.78 is 28.3. The third-order valence-corrected chi connectivity index (χ3v) is 3.68. The molecule has 1 aliphatic heterocycles. The van der Waals surface area contributed by atoms with E-state index in [1.807, 2.05) is 6.92 Å². The van der Waals surface area contributed by atoms with E-state index in [2.05, 4.69) is 14.8 Å². The van der Waals surface area contributed by atoms with E-state index < -0.39 is 10.2 Å². The Morgan fingerprint density at radius 2 is 2.07 bits per heavy atom. The Labute approximate surface area is 85.8 Å². The Morgan fingerprint density at radius 1 is 1.43 bits per heavy atom. The molecule has 6 heteroatoms. The largest absolute Gasteiger partial charge is 0.315 e. The van der Waals surface area contributed by atoms with Crippen LogP contribution in [0.5, 0.6) is 0 Å². The van der Waals surface area contributed by atoms with Crippen molar-refractivity contribution >= 4 is 10.2 Å². The fourth-order valence-electron chi connectivity index (χ4n) is 1.57. The average molecular weight is 221 g/mol. The van der Waals surface area contributed by atoms with Crippen molar-refractivity contribution in [3.8, 4) is 0 Å². The van der Waals surface area contributed by atoms with Gasteiger partial charge in [0.25, 0.3) is 10.2 Å². The zero-order valence-electron chi connectivity index (χ0n) is 8.92. The summed E-state index contributed by atoms with van der Waals surface area (Å²) in [4.78, 5) is 0. The highest BCUT2D eigenvalue weighted by atomic mass is 32.2. The molecule has 0 amide bonds. The molecule has 84 valence electrons. The van der Waals surface area contributed by atoms with Crippen molar-refractivity contribution in [2.24, 2.45) is 0 Å². The summed E-state index contributed by atoms with van der Waals surface area (Å²) >= 11 is 0. The van der Waals surface area contributed by atoms with Crippen LogP contribution in [-0.4, -0.2) is 33.1 Å². The van der Waals surface area contributed by atoms with Crippen molar-refractivity contribution in [3.05, 3.63) is 0 Å². The molecular weight excluding hydrogens is 202 g/mol. The normalized spacial score (nSPS) is 28.6. The first-order valence-electron chi connectivity index (χ1n) is 4.85. The highest BCUT2D eigenvalue weighted by Gasteiger charge is 2.32. The maximum Gasteiger partial charge on any atom is 0.277 e. The molecule has 1 fully saturated rings. The van der Waals surface area contributed by atoms with Crippen LogP contribution in [0.2, 0.25) is 0 Å². The molecule has 0 radical (unpaired) electrons. The summed E-state index contributed by atoms with van der Waals surface area (Å²) in [6.45, 7) is 7.06. The lowest BCUT2D eigenvalue weighted by atomic mass is 10.0. The molecule has 5 nitrogen and oxygen atoms in total. The van der Waals surface area contributed by atoms with Crippen LogP contribution in [0.3, 0.4) is 0 Å². The van der Waals surface area contributed by atoms with Crippen molar-refractivity contribution in [3.63, 3.8) is 0 Å². The quantitative estimate of drug-likeness (QED) is 0.603. The van der Waals surface area contributed by atoms with Crippen LogP contribution in [0.1, 0.15) is 27.2 Å². The van der Waals surface area contributed by atoms with Gasteiger partial charge in [-0.15, -0.1) is 0 Å². The predicted octanol–water partition coefficient (Wildman–Crippen LogP) is -0.429. The van der Waals surface area contributed by atoms with E-state index >= 15 is 0 Å². The lowest BCUT2D eigenvalue weighted by Crippen LogP contribution is -2.52. The fraction of sp³-hybridized carbons (Fsp3) is 1.00. The van der Waals surface area contributed by atoms with E-state index in [9.17, 15) is 8.42 Å². The van der Waals surface area contributed by atoms with Gasteiger partial charge in [0, 0.05) is 18.1 Å². The molecular formula is C8H19N3O2S. The molecule has 3 N–H and O–H groups in total. The van der Waals surface area contributed by atoms with Gasteiger partial charge in [-0.3, -0.25) is 0 Å². The van der Waals surface area contributed by atoms with Gasteiger partial charge in [-0.2, -0.15) is 17.9 Å². The third-order valence-electron chi connectivity index (χ3n) is 2.14. The van der Waals surface area contributed by atoms with Crippen LogP contribution < -0.4 is 14.8 Å². The second-order valence-corrected chi connectivity index (χ2v) is 5.81. The average Bonchev–Trinajstić information content (AvgIpc) is 2.30. The first-order chi connectivity index (χ1) is 6.33. The SMILES string of the molecule is CC(C)NS(=O)(=O)NC1(C)CCNC1. The first-order valence-corrected chi connectivity index (χ1v) is 6.33. The van der Waals surface area contributed by atoms with Crippen molar-refractivity contribution in [2.75, 3.05) is 13.1 Å². The van der Waals surface area contributed by atoms with E-state index in [1.54, 1.807) is 13.8 Å². The Balaban J connectivity index is 2.58. The van der Waals surface area contributed by atoms with Crippen LogP contribution in [-0.2, 0) is 10.2 Å². The number of nitrogens with one attached hydrogen (secondary N) is 3. The maximum absolute atomic E-state index is 11.6. The highest BCUT2D eigenvalue weighted by Crippen LogP contribution is 2.13. The van der Waals surface area contributed by atoms with Crippen molar-refractivity contribution in [1.82, 2.24) is 14.8 Å². The van der Waals surface area contributed by atoms with Crippen LogP contribution in [0.4, 0.5) is 0 Å². The Bertz CT molecular complexity index is 281. The Morgan fingerprint density at radius 3 is 2.50 bits per heavy atom. The van der Waals surface area contributed by atoms with Crippen molar-refractivity contribution in [2.45, 2.75) is 38.8 Å². The molecule has 0 aliphatic carbocycles. The highest BCUT2D eigenvalue weighted by molar-refractivity contribution is 7.87. The molecule has 0 aromatic carbocycles. The number of hydrogen-bond donors (Lipinski definition) is 3. The summed E-state index contributed by atoms with van der Waals surface area (Å²) in [5.41, 5.74) is -0.347. The van der Waals surface area contributed by atoms with Crippen LogP contribution in [0.15, 0.2) is 0 Å². The van der Waals surface area contributed by atoms with Gasteiger partial charge in [-0.1, -0.05) is 0 Å². The van der Waals surface area contributed by atoms with Gasteiger partial charge in [-0.25, -0.2) is 0 Å². The van der Waals surface area contributed by atoms with Gasteiger partial charge < -0.3 is 5.32 Å². The van der Waals surface area contributed by atoms with Crippen LogP contribution in [0.25, 0.3) is 0 Å². The summed E-state index contributed by atoms with van der Waals surface area (Å²) in [6, 6.07) is -0.0783. The summed E-state index contributed by atoms with van der Waals surface area (Å²) in [5, 5.41) is 3.13. The monoisotopic (exact) mass is 221 g/mol. The minimum absolute atomic E-state index is 0.0783. The molecule has 0 spiro atoms. The van der Waals surface area contributed by atoms with E-state index in [0.717, 1.165) is 13.0 Å². The fourth-order valence-corrected chi connectivity index (χ4v) is 3.07. The Kier molecular flexibility index (Phi) is 3.52. The topological polar surface area (TPSA) is 70.2 Å². The van der Waals surface area contributed by atoms with Gasteiger partial charge >= 0.3 is 0 Å². The van der Waals surface area contributed by atoms with Gasteiger partial charge in [0.15, 0.2) is 0 Å². The van der Waals surface area contributed by atoms with Crippen molar-refractivity contribution in [1.29, 1.82) is 0 Å². The van der Waals surface area contributed by atoms with E-state index in [1.165, 1.54) is 0 Å². The molecule has 0 aromatic rings. The minimum Gasteiger partial charge on any atom is -0.315 e. The molecule has 14 heavy (non-hydrogen) atoms. The predicted molar refractivity (Wildman–Crippen MR) is 56.2 cm³/mol. The zero-order chi connectivity index (χ0) is 10.8. The third kappa shape index (κ3) is 3.53. The Hall–Kier alpha value is -0.170. The van der Waals surface area contributed by atoms with Crippen LogP contribution in [0, 0.1) is 0 Å². The van der Waals surface area contributed by atoms with E-state index in [0.29, 0.717) is 6.54 Å². The van der Waals surface area contributed by atoms with Gasteiger partial charge in [0.2, 0.25) is 0 Å². The minimum atomic E-state index is -3.36. The first kappa shape index (κ1) is 11.9. The van der Waals surface area contributed by atoms with Crippen LogP contribution >= 0.6 is 0 Å². The molecule has 1 aliphatic rings. The molecule has 0 aromatic heterocycles. The molecule has 1 unspecified atom stereocenters. The molecule has 1 heterocycles. The van der Waals surface area contributed by atoms with Gasteiger partial charge in [0.05, 0.1) is 0 Å². The molecule has 1 atom stereocenters. The lowest BCUT2D eigenvalue weighted by molar-refractivity contribution is 0.444. The maximum atomic E-state index is 11.6. The van der Waals surface area contributed by atoms with E-state index in [-0.39, 0.29) is 11.6 Å². The second kappa shape index (κ2) is 4.14. The lowest BCUT2D eigenvalue weighted by Gasteiger charge is -2.24. The molecule has 0 bridgehead atoms. The van der Waals surface area contributed by atoms with Crippen molar-refractivity contribution < 1.29 is 8.42 Å².